The number of benzene rings is 1. The van der Waals surface area contributed by atoms with Crippen LogP contribution in [0.3, 0.4) is 0 Å². The fraction of sp³-hybridized carbons (Fsp3) is 0.100. The van der Waals surface area contributed by atoms with Gasteiger partial charge in [0.15, 0.2) is 5.75 Å². The summed E-state index contributed by atoms with van der Waals surface area (Å²) in [6.45, 7) is 1.81. The number of aromatic hydroxyl groups is 2. The summed E-state index contributed by atoms with van der Waals surface area (Å²) in [6.07, 6.45) is 0. The van der Waals surface area contributed by atoms with E-state index in [0.717, 1.165) is 5.01 Å². The van der Waals surface area contributed by atoms with E-state index in [9.17, 15) is 20.3 Å². The number of phenols is 2. The molecular formula is C10H9BrN2O4S. The molecule has 0 unspecified atom stereocenters. The van der Waals surface area contributed by atoms with E-state index < -0.39 is 22.1 Å². The second-order valence-electron chi connectivity index (χ2n) is 3.37. The van der Waals surface area contributed by atoms with Crippen molar-refractivity contribution in [2.45, 2.75) is 6.92 Å². The standard InChI is InChI=1S/C10H8N2O4S.BrH/c1-5-11-7(4-17-5)6-2-8(12(15)16)10(14)9(13)3-6;/h2-4,13-14H,1H3;1H. The molecule has 0 spiro atoms. The molecule has 0 saturated carbocycles. The summed E-state index contributed by atoms with van der Waals surface area (Å²) in [5, 5.41) is 32.0. The predicted octanol–water partition coefficient (Wildman–Crippen LogP) is 3.02. The van der Waals surface area contributed by atoms with Gasteiger partial charge in [0.05, 0.1) is 15.6 Å². The van der Waals surface area contributed by atoms with E-state index >= 15 is 0 Å². The average Bonchev–Trinajstić information content (AvgIpc) is 2.68. The quantitative estimate of drug-likeness (QED) is 0.500. The van der Waals surface area contributed by atoms with Gasteiger partial charge < -0.3 is 10.2 Å². The average molecular weight is 333 g/mol. The van der Waals surface area contributed by atoms with Crippen LogP contribution in [0.1, 0.15) is 5.01 Å². The van der Waals surface area contributed by atoms with E-state index in [2.05, 4.69) is 4.98 Å². The number of hydrogen-bond acceptors (Lipinski definition) is 6. The van der Waals surface area contributed by atoms with Crippen molar-refractivity contribution in [1.29, 1.82) is 0 Å². The number of halogens is 1. The van der Waals surface area contributed by atoms with Crippen LogP contribution in [0.15, 0.2) is 17.5 Å². The van der Waals surface area contributed by atoms with Gasteiger partial charge in [-0.25, -0.2) is 4.98 Å². The predicted molar refractivity (Wildman–Crippen MR) is 72.6 cm³/mol. The molecule has 18 heavy (non-hydrogen) atoms. The van der Waals surface area contributed by atoms with E-state index in [1.807, 2.05) is 6.92 Å². The summed E-state index contributed by atoms with van der Waals surface area (Å²) in [7, 11) is 0. The number of nitro groups is 1. The molecule has 0 aliphatic carbocycles. The van der Waals surface area contributed by atoms with Crippen LogP contribution in [0.2, 0.25) is 0 Å². The fourth-order valence-corrected chi connectivity index (χ4v) is 2.01. The van der Waals surface area contributed by atoms with E-state index in [1.165, 1.54) is 23.5 Å². The van der Waals surface area contributed by atoms with Gasteiger partial charge in [-0.05, 0) is 13.0 Å². The first-order chi connectivity index (χ1) is 7.99. The fourth-order valence-electron chi connectivity index (χ4n) is 1.39. The largest absolute Gasteiger partial charge is 0.504 e. The molecule has 0 aliphatic heterocycles. The number of nitro benzene ring substituents is 1. The molecule has 0 radical (unpaired) electrons. The lowest BCUT2D eigenvalue weighted by atomic mass is 10.1. The molecule has 0 aliphatic rings. The summed E-state index contributed by atoms with van der Waals surface area (Å²) >= 11 is 1.40. The lowest BCUT2D eigenvalue weighted by Gasteiger charge is -2.02. The van der Waals surface area contributed by atoms with Crippen molar-refractivity contribution in [2.75, 3.05) is 0 Å². The highest BCUT2D eigenvalue weighted by Crippen LogP contribution is 2.39. The first kappa shape index (κ1) is 14.4. The Hall–Kier alpha value is -1.67. The zero-order valence-corrected chi connectivity index (χ0v) is 11.7. The Labute approximate surface area is 116 Å². The topological polar surface area (TPSA) is 96.5 Å². The Morgan fingerprint density at radius 3 is 2.56 bits per heavy atom. The number of thiazole rings is 1. The molecular weight excluding hydrogens is 324 g/mol. The van der Waals surface area contributed by atoms with Gasteiger partial charge in [0.1, 0.15) is 0 Å². The summed E-state index contributed by atoms with van der Waals surface area (Å²) in [5.41, 5.74) is 0.396. The number of phenolic OH excluding ortho intramolecular Hbond substituents is 2. The van der Waals surface area contributed by atoms with Gasteiger partial charge in [0, 0.05) is 17.0 Å². The van der Waals surface area contributed by atoms with Crippen molar-refractivity contribution in [3.05, 3.63) is 32.6 Å². The van der Waals surface area contributed by atoms with Crippen LogP contribution in [-0.2, 0) is 0 Å². The monoisotopic (exact) mass is 332 g/mol. The minimum absolute atomic E-state index is 0. The first-order valence-electron chi connectivity index (χ1n) is 4.62. The molecule has 0 atom stereocenters. The summed E-state index contributed by atoms with van der Waals surface area (Å²) in [6, 6.07) is 2.43. The van der Waals surface area contributed by atoms with Crippen molar-refractivity contribution in [3.63, 3.8) is 0 Å². The van der Waals surface area contributed by atoms with Gasteiger partial charge in [0.25, 0.3) is 0 Å². The first-order valence-corrected chi connectivity index (χ1v) is 5.50. The number of aryl methyl sites for hydroxylation is 1. The van der Waals surface area contributed by atoms with Crippen molar-refractivity contribution in [2.24, 2.45) is 0 Å². The highest BCUT2D eigenvalue weighted by Gasteiger charge is 2.20. The number of rotatable bonds is 2. The van der Waals surface area contributed by atoms with Gasteiger partial charge in [0.2, 0.25) is 5.75 Å². The van der Waals surface area contributed by atoms with Crippen molar-refractivity contribution in [1.82, 2.24) is 4.98 Å². The molecule has 1 aromatic carbocycles. The van der Waals surface area contributed by atoms with E-state index in [1.54, 1.807) is 5.38 Å². The van der Waals surface area contributed by atoms with Crippen LogP contribution in [0.5, 0.6) is 11.5 Å². The van der Waals surface area contributed by atoms with Crippen molar-refractivity contribution >= 4 is 34.0 Å². The Morgan fingerprint density at radius 1 is 1.39 bits per heavy atom. The van der Waals surface area contributed by atoms with E-state index in [-0.39, 0.29) is 17.0 Å². The maximum Gasteiger partial charge on any atom is 0.315 e. The van der Waals surface area contributed by atoms with Crippen LogP contribution in [0.4, 0.5) is 5.69 Å². The summed E-state index contributed by atoms with van der Waals surface area (Å²) in [4.78, 5) is 14.1. The minimum Gasteiger partial charge on any atom is -0.504 e. The summed E-state index contributed by atoms with van der Waals surface area (Å²) < 4.78 is 0. The molecule has 0 bridgehead atoms. The second kappa shape index (κ2) is 5.32. The smallest absolute Gasteiger partial charge is 0.315 e. The summed E-state index contributed by atoms with van der Waals surface area (Å²) in [5.74, 6) is -1.26. The Morgan fingerprint density at radius 2 is 2.06 bits per heavy atom. The maximum absolute atomic E-state index is 10.7. The van der Waals surface area contributed by atoms with Gasteiger partial charge >= 0.3 is 5.69 Å². The van der Waals surface area contributed by atoms with E-state index in [0.29, 0.717) is 11.3 Å². The van der Waals surface area contributed by atoms with Gasteiger partial charge in [-0.3, -0.25) is 10.1 Å². The third-order valence-electron chi connectivity index (χ3n) is 2.18. The molecule has 0 saturated heterocycles. The van der Waals surface area contributed by atoms with Gasteiger partial charge in [-0.2, -0.15) is 0 Å². The number of aromatic nitrogens is 1. The lowest BCUT2D eigenvalue weighted by Crippen LogP contribution is -1.90. The van der Waals surface area contributed by atoms with Gasteiger partial charge in [-0.15, -0.1) is 28.3 Å². The van der Waals surface area contributed by atoms with E-state index in [4.69, 9.17) is 0 Å². The maximum atomic E-state index is 10.7. The highest BCUT2D eigenvalue weighted by atomic mass is 79.9. The Bertz CT molecular complexity index is 600. The third-order valence-corrected chi connectivity index (χ3v) is 2.95. The molecule has 96 valence electrons. The van der Waals surface area contributed by atoms with Crippen LogP contribution < -0.4 is 0 Å². The lowest BCUT2D eigenvalue weighted by molar-refractivity contribution is -0.385. The number of hydrogen-bond donors (Lipinski definition) is 2. The second-order valence-corrected chi connectivity index (χ2v) is 4.43. The molecule has 1 heterocycles. The van der Waals surface area contributed by atoms with Crippen molar-refractivity contribution in [3.8, 4) is 22.8 Å². The molecule has 1 aromatic heterocycles. The SMILES string of the molecule is Br.Cc1nc(-c2cc(O)c(O)c([N+](=O)[O-])c2)cs1. The molecule has 6 nitrogen and oxygen atoms in total. The number of nitrogens with zero attached hydrogens (tertiary/aromatic N) is 2. The normalized spacial score (nSPS) is 9.83. The Balaban J connectivity index is 0.00000162. The van der Waals surface area contributed by atoms with Crippen LogP contribution in [0, 0.1) is 17.0 Å². The molecule has 2 rings (SSSR count). The molecule has 2 aromatic rings. The minimum atomic E-state index is -0.752. The Kier molecular flexibility index (Phi) is 4.25. The van der Waals surface area contributed by atoms with Crippen LogP contribution >= 0.6 is 28.3 Å². The van der Waals surface area contributed by atoms with Crippen molar-refractivity contribution < 1.29 is 15.1 Å². The van der Waals surface area contributed by atoms with Crippen LogP contribution in [0.25, 0.3) is 11.3 Å². The zero-order chi connectivity index (χ0) is 12.6. The molecule has 0 amide bonds. The van der Waals surface area contributed by atoms with Gasteiger partial charge in [-0.1, -0.05) is 0 Å². The molecule has 2 N–H and O–H groups in total. The van der Waals surface area contributed by atoms with Crippen LogP contribution in [-0.4, -0.2) is 20.1 Å². The third kappa shape index (κ3) is 2.59. The molecule has 0 fully saturated rings. The molecule has 8 heteroatoms. The zero-order valence-electron chi connectivity index (χ0n) is 9.15. The highest BCUT2D eigenvalue weighted by molar-refractivity contribution is 8.93.